The number of hydrogen-bond acceptors (Lipinski definition) is 4. The van der Waals surface area contributed by atoms with Gasteiger partial charge >= 0.3 is 0 Å². The van der Waals surface area contributed by atoms with E-state index >= 15 is 0 Å². The van der Waals surface area contributed by atoms with Crippen LogP contribution in [-0.4, -0.2) is 19.1 Å². The molecule has 0 aliphatic carbocycles. The third kappa shape index (κ3) is 2.24. The summed E-state index contributed by atoms with van der Waals surface area (Å²) in [6, 6.07) is 1.76. The quantitative estimate of drug-likeness (QED) is 0.868. The van der Waals surface area contributed by atoms with Crippen LogP contribution in [0, 0.1) is 0 Å². The van der Waals surface area contributed by atoms with Gasteiger partial charge < -0.3 is 15.2 Å². The first-order chi connectivity index (χ1) is 8.56. The number of hydrogen-bond donors (Lipinski definition) is 1. The second-order valence-corrected chi connectivity index (χ2v) is 5.30. The van der Waals surface area contributed by atoms with Gasteiger partial charge in [0.2, 0.25) is 6.79 Å². The molecule has 18 heavy (non-hydrogen) atoms. The Morgan fingerprint density at radius 3 is 2.83 bits per heavy atom. The van der Waals surface area contributed by atoms with Crippen molar-refractivity contribution in [2.24, 2.45) is 5.73 Å². The van der Waals surface area contributed by atoms with Crippen molar-refractivity contribution in [3.63, 3.8) is 0 Å². The monoisotopic (exact) mass is 313 g/mol. The molecule has 5 heteroatoms. The Labute approximate surface area is 115 Å². The third-order valence-electron chi connectivity index (χ3n) is 2.89. The summed E-state index contributed by atoms with van der Waals surface area (Å²) in [6.07, 6.45) is 0.339. The summed E-state index contributed by atoms with van der Waals surface area (Å²) < 4.78 is 11.6. The molecule has 0 aromatic heterocycles. The van der Waals surface area contributed by atoms with Gasteiger partial charge in [-0.15, -0.1) is 0 Å². The van der Waals surface area contributed by atoms with Gasteiger partial charge in [-0.1, -0.05) is 13.8 Å². The van der Waals surface area contributed by atoms with E-state index in [1.807, 2.05) is 13.8 Å². The highest BCUT2D eigenvalue weighted by Crippen LogP contribution is 2.45. The normalized spacial score (nSPS) is 13.2. The van der Waals surface area contributed by atoms with E-state index in [-0.39, 0.29) is 18.5 Å². The second kappa shape index (κ2) is 5.28. The molecular formula is C13H16BrNO3. The van der Waals surface area contributed by atoms with Gasteiger partial charge in [0.15, 0.2) is 17.3 Å². The van der Waals surface area contributed by atoms with Crippen LogP contribution in [0.15, 0.2) is 10.5 Å². The molecule has 1 aliphatic rings. The highest BCUT2D eigenvalue weighted by atomic mass is 79.9. The molecule has 1 heterocycles. The number of ether oxygens (including phenoxy) is 2. The third-order valence-corrected chi connectivity index (χ3v) is 3.68. The second-order valence-electron chi connectivity index (χ2n) is 4.50. The van der Waals surface area contributed by atoms with Crippen molar-refractivity contribution in [2.75, 3.05) is 13.3 Å². The van der Waals surface area contributed by atoms with Crippen molar-refractivity contribution in [1.82, 2.24) is 0 Å². The summed E-state index contributed by atoms with van der Waals surface area (Å²) in [5.74, 6) is 1.56. The first-order valence-electron chi connectivity index (χ1n) is 5.91. The van der Waals surface area contributed by atoms with Gasteiger partial charge in [0.1, 0.15) is 0 Å². The Kier molecular flexibility index (Phi) is 3.92. The molecule has 98 valence electrons. The number of Topliss-reactive ketones (excluding diaryl/α,β-unsaturated/α-hetero) is 1. The van der Waals surface area contributed by atoms with Crippen LogP contribution in [0.2, 0.25) is 0 Å². The fourth-order valence-corrected chi connectivity index (χ4v) is 3.06. The van der Waals surface area contributed by atoms with Crippen LogP contribution in [0.3, 0.4) is 0 Å². The lowest BCUT2D eigenvalue weighted by molar-refractivity contribution is 0.0983. The summed E-state index contributed by atoms with van der Waals surface area (Å²) in [5, 5.41) is 0. The maximum absolute atomic E-state index is 12.1. The number of benzene rings is 1. The van der Waals surface area contributed by atoms with Gasteiger partial charge in [0.05, 0.1) is 4.47 Å². The van der Waals surface area contributed by atoms with Crippen molar-refractivity contribution in [2.45, 2.75) is 26.2 Å². The Morgan fingerprint density at radius 1 is 1.50 bits per heavy atom. The predicted octanol–water partition coefficient (Wildman–Crippen LogP) is 2.83. The number of nitrogens with two attached hydrogens (primary N) is 1. The van der Waals surface area contributed by atoms with Gasteiger partial charge in [0, 0.05) is 12.0 Å². The molecule has 0 radical (unpaired) electrons. The van der Waals surface area contributed by atoms with E-state index in [4.69, 9.17) is 15.2 Å². The average molecular weight is 314 g/mol. The van der Waals surface area contributed by atoms with Crippen LogP contribution in [0.1, 0.15) is 42.1 Å². The molecule has 0 bridgehead atoms. The fourth-order valence-electron chi connectivity index (χ4n) is 2.08. The Morgan fingerprint density at radius 2 is 2.22 bits per heavy atom. The molecular weight excluding hydrogens is 298 g/mol. The van der Waals surface area contributed by atoms with Gasteiger partial charge in [-0.25, -0.2) is 0 Å². The number of rotatable bonds is 4. The molecule has 0 atom stereocenters. The molecule has 1 aromatic carbocycles. The maximum atomic E-state index is 12.1. The molecule has 0 saturated heterocycles. The number of carbonyl (C=O) groups excluding carboxylic acids is 1. The van der Waals surface area contributed by atoms with E-state index in [9.17, 15) is 4.79 Å². The van der Waals surface area contributed by atoms with E-state index in [1.54, 1.807) is 6.07 Å². The molecule has 2 N–H and O–H groups in total. The van der Waals surface area contributed by atoms with Gasteiger partial charge in [-0.05, 0) is 40.0 Å². The Balaban J connectivity index is 2.57. The molecule has 2 rings (SSSR count). The smallest absolute Gasteiger partial charge is 0.231 e. The number of carbonyl (C=O) groups is 1. The minimum Gasteiger partial charge on any atom is -0.454 e. The highest BCUT2D eigenvalue weighted by Gasteiger charge is 2.26. The fraction of sp³-hybridized carbons (Fsp3) is 0.462. The van der Waals surface area contributed by atoms with E-state index in [0.29, 0.717) is 30.0 Å². The summed E-state index contributed by atoms with van der Waals surface area (Å²) in [5.41, 5.74) is 7.08. The minimum absolute atomic E-state index is 0.0419. The summed E-state index contributed by atoms with van der Waals surface area (Å²) in [7, 11) is 0. The number of ketones is 1. The van der Waals surface area contributed by atoms with Crippen LogP contribution >= 0.6 is 15.9 Å². The zero-order chi connectivity index (χ0) is 13.3. The van der Waals surface area contributed by atoms with E-state index in [2.05, 4.69) is 15.9 Å². The lowest BCUT2D eigenvalue weighted by Crippen LogP contribution is -2.11. The summed E-state index contributed by atoms with van der Waals surface area (Å²) in [4.78, 5) is 12.1. The van der Waals surface area contributed by atoms with Crippen LogP contribution in [0.4, 0.5) is 0 Å². The zero-order valence-electron chi connectivity index (χ0n) is 10.5. The molecule has 1 aliphatic heterocycles. The van der Waals surface area contributed by atoms with Crippen LogP contribution < -0.4 is 15.2 Å². The summed E-state index contributed by atoms with van der Waals surface area (Å²) >= 11 is 3.51. The van der Waals surface area contributed by atoms with Gasteiger partial charge in [-0.3, -0.25) is 4.79 Å². The SMILES string of the molecule is CC(C)c1c(C(=O)CCN)cc2c(c1Br)OCO2. The molecule has 4 nitrogen and oxygen atoms in total. The molecule has 0 unspecified atom stereocenters. The molecule has 0 saturated carbocycles. The molecule has 0 amide bonds. The van der Waals surface area contributed by atoms with E-state index in [0.717, 1.165) is 10.0 Å². The highest BCUT2D eigenvalue weighted by molar-refractivity contribution is 9.10. The minimum atomic E-state index is 0.0419. The lowest BCUT2D eigenvalue weighted by Gasteiger charge is -2.15. The molecule has 0 spiro atoms. The summed E-state index contributed by atoms with van der Waals surface area (Å²) in [6.45, 7) is 4.63. The lowest BCUT2D eigenvalue weighted by atomic mass is 9.93. The van der Waals surface area contributed by atoms with Crippen molar-refractivity contribution >= 4 is 21.7 Å². The largest absolute Gasteiger partial charge is 0.454 e. The average Bonchev–Trinajstić information content (AvgIpc) is 2.76. The Hall–Kier alpha value is -1.07. The maximum Gasteiger partial charge on any atom is 0.231 e. The van der Waals surface area contributed by atoms with Crippen molar-refractivity contribution in [3.8, 4) is 11.5 Å². The first kappa shape index (κ1) is 13.4. The molecule has 0 fully saturated rings. The number of fused-ring (bicyclic) bond motifs is 1. The molecule has 1 aromatic rings. The van der Waals surface area contributed by atoms with Crippen LogP contribution in [0.25, 0.3) is 0 Å². The van der Waals surface area contributed by atoms with Crippen LogP contribution in [-0.2, 0) is 0 Å². The van der Waals surface area contributed by atoms with Crippen molar-refractivity contribution in [1.29, 1.82) is 0 Å². The topological polar surface area (TPSA) is 61.6 Å². The van der Waals surface area contributed by atoms with E-state index < -0.39 is 0 Å². The predicted molar refractivity (Wildman–Crippen MR) is 72.4 cm³/mol. The van der Waals surface area contributed by atoms with Gasteiger partial charge in [-0.2, -0.15) is 0 Å². The van der Waals surface area contributed by atoms with Crippen molar-refractivity contribution < 1.29 is 14.3 Å². The van der Waals surface area contributed by atoms with Crippen LogP contribution in [0.5, 0.6) is 11.5 Å². The van der Waals surface area contributed by atoms with Crippen molar-refractivity contribution in [3.05, 3.63) is 21.7 Å². The standard InChI is InChI=1S/C13H16BrNO3/c1-7(2)11-8(9(16)3-4-15)5-10-13(12(11)14)18-6-17-10/h5,7H,3-4,6,15H2,1-2H3. The number of halogens is 1. The zero-order valence-corrected chi connectivity index (χ0v) is 12.0. The first-order valence-corrected chi connectivity index (χ1v) is 6.70. The van der Waals surface area contributed by atoms with Gasteiger partial charge in [0.25, 0.3) is 0 Å². The van der Waals surface area contributed by atoms with E-state index in [1.165, 1.54) is 0 Å². The Bertz CT molecular complexity index is 486.